The van der Waals surface area contributed by atoms with E-state index in [1.165, 1.54) is 12.1 Å². The molecule has 31 heavy (non-hydrogen) atoms. The van der Waals surface area contributed by atoms with E-state index >= 15 is 0 Å². The number of carbonyl (C=O) groups is 1. The minimum Gasteiger partial charge on any atom is -0.490 e. The van der Waals surface area contributed by atoms with Crippen molar-refractivity contribution in [2.24, 2.45) is 0 Å². The van der Waals surface area contributed by atoms with Gasteiger partial charge < -0.3 is 19.7 Å². The van der Waals surface area contributed by atoms with Gasteiger partial charge in [0, 0.05) is 31.6 Å². The van der Waals surface area contributed by atoms with Gasteiger partial charge in [-0.05, 0) is 56.1 Å². The fraction of sp³-hybridized carbons (Fsp3) is 0.435. The number of carbonyl (C=O) groups excluding carboxylic acids is 1. The topological polar surface area (TPSA) is 50.8 Å². The third kappa shape index (κ3) is 6.73. The molecule has 1 heterocycles. The fourth-order valence-electron chi connectivity index (χ4n) is 3.48. The normalized spacial score (nSPS) is 13.7. The van der Waals surface area contributed by atoms with E-state index in [0.29, 0.717) is 46.7 Å². The lowest BCUT2D eigenvalue weighted by atomic mass is 10.2. The molecule has 2 aromatic rings. The van der Waals surface area contributed by atoms with Gasteiger partial charge in [0.15, 0.2) is 11.5 Å². The second kappa shape index (κ2) is 11.6. The minimum atomic E-state index is -0.398. The molecular weight excluding hydrogens is 442 g/mol. The SMILES string of the molecule is CCOc1cc(CNCCCN2CCCC2=O)cc(Cl)c1OCc1ccc(F)cc1Cl. The third-order valence-corrected chi connectivity index (χ3v) is 5.67. The van der Waals surface area contributed by atoms with Crippen molar-refractivity contribution in [3.8, 4) is 11.5 Å². The van der Waals surface area contributed by atoms with Crippen molar-refractivity contribution < 1.29 is 18.7 Å². The van der Waals surface area contributed by atoms with Crippen LogP contribution in [0.2, 0.25) is 10.0 Å². The average Bonchev–Trinajstić information content (AvgIpc) is 3.13. The second-order valence-corrected chi connectivity index (χ2v) is 8.19. The fourth-order valence-corrected chi connectivity index (χ4v) is 3.99. The molecule has 168 valence electrons. The molecule has 8 heteroatoms. The highest BCUT2D eigenvalue weighted by Gasteiger charge is 2.19. The Labute approximate surface area is 192 Å². The smallest absolute Gasteiger partial charge is 0.222 e. The van der Waals surface area contributed by atoms with Gasteiger partial charge in [-0.3, -0.25) is 4.79 Å². The van der Waals surface area contributed by atoms with E-state index in [1.54, 1.807) is 6.07 Å². The largest absolute Gasteiger partial charge is 0.490 e. The van der Waals surface area contributed by atoms with Crippen LogP contribution in [0.4, 0.5) is 4.39 Å². The summed E-state index contributed by atoms with van der Waals surface area (Å²) in [4.78, 5) is 13.6. The molecule has 1 aliphatic heterocycles. The van der Waals surface area contributed by atoms with E-state index in [9.17, 15) is 9.18 Å². The highest BCUT2D eigenvalue weighted by atomic mass is 35.5. The van der Waals surface area contributed by atoms with Gasteiger partial charge in [0.1, 0.15) is 12.4 Å². The molecule has 3 rings (SSSR count). The third-order valence-electron chi connectivity index (χ3n) is 5.04. The van der Waals surface area contributed by atoms with Gasteiger partial charge in [0.05, 0.1) is 16.7 Å². The zero-order valence-corrected chi connectivity index (χ0v) is 19.1. The maximum absolute atomic E-state index is 13.2. The van der Waals surface area contributed by atoms with Crippen molar-refractivity contribution in [2.45, 2.75) is 39.3 Å². The molecule has 2 aromatic carbocycles. The van der Waals surface area contributed by atoms with Gasteiger partial charge in [-0.1, -0.05) is 29.3 Å². The first kappa shape index (κ1) is 23.6. The van der Waals surface area contributed by atoms with Crippen molar-refractivity contribution in [3.05, 3.63) is 57.3 Å². The van der Waals surface area contributed by atoms with Crippen molar-refractivity contribution >= 4 is 29.1 Å². The summed E-state index contributed by atoms with van der Waals surface area (Å²) >= 11 is 12.6. The Kier molecular flexibility index (Phi) is 8.81. The molecular formula is C23H27Cl2FN2O3. The van der Waals surface area contributed by atoms with Gasteiger partial charge in [0.25, 0.3) is 0 Å². The number of ether oxygens (including phenoxy) is 2. The van der Waals surface area contributed by atoms with Crippen molar-refractivity contribution in [1.29, 1.82) is 0 Å². The summed E-state index contributed by atoms with van der Waals surface area (Å²) in [5, 5.41) is 4.11. The van der Waals surface area contributed by atoms with Crippen LogP contribution in [0.15, 0.2) is 30.3 Å². The molecule has 1 N–H and O–H groups in total. The van der Waals surface area contributed by atoms with Crippen LogP contribution in [-0.2, 0) is 17.9 Å². The van der Waals surface area contributed by atoms with Gasteiger partial charge in [-0.15, -0.1) is 0 Å². The lowest BCUT2D eigenvalue weighted by Crippen LogP contribution is -2.28. The van der Waals surface area contributed by atoms with Crippen LogP contribution in [0.3, 0.4) is 0 Å². The number of benzene rings is 2. The number of rotatable bonds is 11. The van der Waals surface area contributed by atoms with Gasteiger partial charge in [-0.2, -0.15) is 0 Å². The van der Waals surface area contributed by atoms with E-state index in [0.717, 1.165) is 38.0 Å². The first-order chi connectivity index (χ1) is 15.0. The predicted octanol–water partition coefficient (Wildman–Crippen LogP) is 5.21. The molecule has 1 fully saturated rings. The summed E-state index contributed by atoms with van der Waals surface area (Å²) in [5.74, 6) is 0.837. The highest BCUT2D eigenvalue weighted by Crippen LogP contribution is 2.37. The number of nitrogens with zero attached hydrogens (tertiary/aromatic N) is 1. The van der Waals surface area contributed by atoms with Gasteiger partial charge in [-0.25, -0.2) is 4.39 Å². The number of likely N-dealkylation sites (tertiary alicyclic amines) is 1. The minimum absolute atomic E-state index is 0.145. The lowest BCUT2D eigenvalue weighted by molar-refractivity contribution is -0.127. The summed E-state index contributed by atoms with van der Waals surface area (Å²) in [6.45, 7) is 5.58. The number of hydrogen-bond acceptors (Lipinski definition) is 4. The van der Waals surface area contributed by atoms with Crippen LogP contribution < -0.4 is 14.8 Å². The van der Waals surface area contributed by atoms with Gasteiger partial charge >= 0.3 is 0 Å². The van der Waals surface area contributed by atoms with Crippen molar-refractivity contribution in [3.63, 3.8) is 0 Å². The number of nitrogens with one attached hydrogen (secondary N) is 1. The van der Waals surface area contributed by atoms with Crippen LogP contribution in [0.5, 0.6) is 11.5 Å². The molecule has 0 radical (unpaired) electrons. The summed E-state index contributed by atoms with van der Waals surface area (Å²) in [6, 6.07) is 7.90. The molecule has 0 atom stereocenters. The molecule has 0 saturated carbocycles. The molecule has 0 unspecified atom stereocenters. The Morgan fingerprint density at radius 2 is 2.00 bits per heavy atom. The van der Waals surface area contributed by atoms with Crippen molar-refractivity contribution in [2.75, 3.05) is 26.2 Å². The number of amides is 1. The Morgan fingerprint density at radius 1 is 1.16 bits per heavy atom. The Morgan fingerprint density at radius 3 is 2.71 bits per heavy atom. The molecule has 1 saturated heterocycles. The molecule has 1 aliphatic rings. The summed E-state index contributed by atoms with van der Waals surface area (Å²) in [7, 11) is 0. The number of hydrogen-bond donors (Lipinski definition) is 1. The van der Waals surface area contributed by atoms with E-state index in [-0.39, 0.29) is 12.5 Å². The molecule has 0 aliphatic carbocycles. The molecule has 5 nitrogen and oxygen atoms in total. The first-order valence-corrected chi connectivity index (χ1v) is 11.2. The monoisotopic (exact) mass is 468 g/mol. The second-order valence-electron chi connectivity index (χ2n) is 7.38. The molecule has 1 amide bonds. The van der Waals surface area contributed by atoms with E-state index in [1.807, 2.05) is 24.0 Å². The van der Waals surface area contributed by atoms with Crippen LogP contribution in [-0.4, -0.2) is 37.0 Å². The average molecular weight is 469 g/mol. The molecule has 0 aromatic heterocycles. The number of halogens is 3. The zero-order valence-electron chi connectivity index (χ0n) is 17.6. The Hall–Kier alpha value is -2.02. The summed E-state index contributed by atoms with van der Waals surface area (Å²) < 4.78 is 24.8. The van der Waals surface area contributed by atoms with Gasteiger partial charge in [0.2, 0.25) is 5.91 Å². The lowest BCUT2D eigenvalue weighted by Gasteiger charge is -2.17. The summed E-state index contributed by atoms with van der Waals surface area (Å²) in [6.07, 6.45) is 2.54. The maximum Gasteiger partial charge on any atom is 0.222 e. The standard InChI is InChI=1S/C23H27Cl2FN2O3/c1-2-30-21-12-16(14-27-8-4-10-28-9-3-5-22(28)29)11-20(25)23(21)31-15-17-6-7-18(26)13-19(17)24/h6-7,11-13,27H,2-5,8-10,14-15H2,1H3. The van der Waals surface area contributed by atoms with Crippen molar-refractivity contribution in [1.82, 2.24) is 10.2 Å². The van der Waals surface area contributed by atoms with E-state index < -0.39 is 5.82 Å². The predicted molar refractivity (Wildman–Crippen MR) is 121 cm³/mol. The van der Waals surface area contributed by atoms with Crippen LogP contribution in [0, 0.1) is 5.82 Å². The quantitative estimate of drug-likeness (QED) is 0.459. The van der Waals surface area contributed by atoms with Crippen LogP contribution >= 0.6 is 23.2 Å². The zero-order chi connectivity index (χ0) is 22.2. The van der Waals surface area contributed by atoms with E-state index in [2.05, 4.69) is 5.32 Å². The van der Waals surface area contributed by atoms with Crippen LogP contribution in [0.1, 0.15) is 37.3 Å². The van der Waals surface area contributed by atoms with Crippen LogP contribution in [0.25, 0.3) is 0 Å². The Bertz CT molecular complexity index is 911. The molecule has 0 spiro atoms. The Balaban J connectivity index is 1.56. The van der Waals surface area contributed by atoms with E-state index in [4.69, 9.17) is 32.7 Å². The first-order valence-electron chi connectivity index (χ1n) is 10.5. The maximum atomic E-state index is 13.2. The summed E-state index contributed by atoms with van der Waals surface area (Å²) in [5.41, 5.74) is 1.63. The molecule has 0 bridgehead atoms. The highest BCUT2D eigenvalue weighted by molar-refractivity contribution is 6.32.